The Morgan fingerprint density at radius 2 is 2.00 bits per heavy atom. The van der Waals surface area contributed by atoms with Gasteiger partial charge in [0.1, 0.15) is 0 Å². The van der Waals surface area contributed by atoms with Gasteiger partial charge in [0.2, 0.25) is 0 Å². The lowest BCUT2D eigenvalue weighted by Crippen LogP contribution is -2.19. The van der Waals surface area contributed by atoms with E-state index in [9.17, 15) is 0 Å². The quantitative estimate of drug-likeness (QED) is 0.589. The Balaban J connectivity index is 4.61. The van der Waals surface area contributed by atoms with Crippen LogP contribution >= 0.6 is 0 Å². The lowest BCUT2D eigenvalue weighted by atomic mass is 9.98. The maximum atomic E-state index is 5.39. The van der Waals surface area contributed by atoms with Crippen LogP contribution in [0.2, 0.25) is 0 Å². The topological polar surface area (TPSA) is 9.23 Å². The minimum absolute atomic E-state index is 0.147. The normalized spacial score (nSPS) is 15.3. The molecule has 0 rings (SSSR count). The van der Waals surface area contributed by atoms with Crippen LogP contribution in [0.15, 0.2) is 36.5 Å². The summed E-state index contributed by atoms with van der Waals surface area (Å²) >= 11 is 0. The van der Waals surface area contributed by atoms with Crippen LogP contribution in [-0.2, 0) is 4.74 Å². The molecule has 0 spiro atoms. The molecule has 0 N–H and O–H groups in total. The molecule has 0 aromatic heterocycles. The SMILES string of the molecule is C=C/C(=C\C=C/C)C(OC)C(C)C. The highest BCUT2D eigenvalue weighted by atomic mass is 16.5. The van der Waals surface area contributed by atoms with Crippen molar-refractivity contribution >= 4 is 0 Å². The van der Waals surface area contributed by atoms with Crippen LogP contribution in [0.1, 0.15) is 20.8 Å². The predicted molar refractivity (Wildman–Crippen MR) is 58.7 cm³/mol. The minimum atomic E-state index is 0.147. The maximum absolute atomic E-state index is 5.39. The molecule has 0 aliphatic carbocycles. The summed E-state index contributed by atoms with van der Waals surface area (Å²) in [5.74, 6) is 0.472. The second kappa shape index (κ2) is 6.67. The third-order valence-corrected chi connectivity index (χ3v) is 1.90. The Morgan fingerprint density at radius 1 is 1.38 bits per heavy atom. The first-order chi connectivity index (χ1) is 6.17. The van der Waals surface area contributed by atoms with Crippen LogP contribution in [-0.4, -0.2) is 13.2 Å². The van der Waals surface area contributed by atoms with Crippen LogP contribution in [0, 0.1) is 5.92 Å². The summed E-state index contributed by atoms with van der Waals surface area (Å²) < 4.78 is 5.39. The molecule has 0 aliphatic heterocycles. The van der Waals surface area contributed by atoms with Crippen molar-refractivity contribution in [3.63, 3.8) is 0 Å². The average molecular weight is 180 g/mol. The van der Waals surface area contributed by atoms with Crippen LogP contribution in [0.4, 0.5) is 0 Å². The van der Waals surface area contributed by atoms with E-state index in [4.69, 9.17) is 4.74 Å². The first kappa shape index (κ1) is 12.2. The molecule has 0 heterocycles. The highest BCUT2D eigenvalue weighted by Gasteiger charge is 2.14. The molecule has 74 valence electrons. The number of ether oxygens (including phenoxy) is 1. The van der Waals surface area contributed by atoms with Gasteiger partial charge in [0, 0.05) is 7.11 Å². The third-order valence-electron chi connectivity index (χ3n) is 1.90. The standard InChI is InChI=1S/C12H20O/c1-6-8-9-11(7-2)12(13-5)10(3)4/h6-10,12H,2H2,1,3-5H3/b8-6-,11-9+. The fourth-order valence-corrected chi connectivity index (χ4v) is 1.28. The lowest BCUT2D eigenvalue weighted by molar-refractivity contribution is 0.0967. The zero-order chi connectivity index (χ0) is 10.3. The predicted octanol–water partition coefficient (Wildman–Crippen LogP) is 3.35. The molecule has 0 saturated carbocycles. The second-order valence-corrected chi connectivity index (χ2v) is 3.30. The maximum Gasteiger partial charge on any atom is 0.0843 e. The molecule has 0 radical (unpaired) electrons. The smallest absolute Gasteiger partial charge is 0.0843 e. The van der Waals surface area contributed by atoms with Crippen LogP contribution < -0.4 is 0 Å². The van der Waals surface area contributed by atoms with Crippen molar-refractivity contribution < 1.29 is 4.74 Å². The Bertz CT molecular complexity index is 199. The molecule has 1 atom stereocenters. The molecule has 0 aromatic rings. The summed E-state index contributed by atoms with van der Waals surface area (Å²) in [6, 6.07) is 0. The molecular formula is C12H20O. The van der Waals surface area contributed by atoms with Gasteiger partial charge in [-0.3, -0.25) is 0 Å². The van der Waals surface area contributed by atoms with Crippen LogP contribution in [0.3, 0.4) is 0 Å². The van der Waals surface area contributed by atoms with Crippen molar-refractivity contribution in [2.45, 2.75) is 26.9 Å². The molecule has 1 unspecified atom stereocenters. The third kappa shape index (κ3) is 4.09. The fraction of sp³-hybridized carbons (Fsp3) is 0.500. The van der Waals surface area contributed by atoms with Gasteiger partial charge in [0.15, 0.2) is 0 Å². The van der Waals surface area contributed by atoms with E-state index in [1.165, 1.54) is 0 Å². The number of rotatable bonds is 5. The van der Waals surface area contributed by atoms with Crippen molar-refractivity contribution in [2.24, 2.45) is 5.92 Å². The Morgan fingerprint density at radius 3 is 2.31 bits per heavy atom. The van der Waals surface area contributed by atoms with Crippen molar-refractivity contribution in [2.75, 3.05) is 7.11 Å². The lowest BCUT2D eigenvalue weighted by Gasteiger charge is -2.20. The largest absolute Gasteiger partial charge is 0.376 e. The van der Waals surface area contributed by atoms with Gasteiger partial charge in [-0.2, -0.15) is 0 Å². The van der Waals surface area contributed by atoms with Gasteiger partial charge in [-0.1, -0.05) is 44.7 Å². The van der Waals surface area contributed by atoms with E-state index < -0.39 is 0 Å². The van der Waals surface area contributed by atoms with Gasteiger partial charge >= 0.3 is 0 Å². The molecule has 0 amide bonds. The van der Waals surface area contributed by atoms with E-state index in [0.717, 1.165) is 5.57 Å². The van der Waals surface area contributed by atoms with Crippen LogP contribution in [0.25, 0.3) is 0 Å². The number of allylic oxidation sites excluding steroid dienone is 3. The Hall–Kier alpha value is -0.820. The molecule has 0 saturated heterocycles. The van der Waals surface area contributed by atoms with Crippen molar-refractivity contribution in [1.29, 1.82) is 0 Å². The minimum Gasteiger partial charge on any atom is -0.376 e. The molecule has 1 nitrogen and oxygen atoms in total. The summed E-state index contributed by atoms with van der Waals surface area (Å²) in [7, 11) is 1.73. The zero-order valence-electron chi connectivity index (χ0n) is 9.08. The summed E-state index contributed by atoms with van der Waals surface area (Å²) in [6.45, 7) is 10.1. The van der Waals surface area contributed by atoms with E-state index in [0.29, 0.717) is 5.92 Å². The molecule has 0 aliphatic rings. The molecule has 0 bridgehead atoms. The summed E-state index contributed by atoms with van der Waals surface area (Å²) in [6.07, 6.45) is 8.05. The van der Waals surface area contributed by atoms with Gasteiger partial charge in [-0.25, -0.2) is 0 Å². The van der Waals surface area contributed by atoms with Gasteiger partial charge in [-0.05, 0) is 18.4 Å². The Labute approximate surface area is 81.8 Å². The van der Waals surface area contributed by atoms with E-state index in [1.807, 2.05) is 31.2 Å². The van der Waals surface area contributed by atoms with Gasteiger partial charge in [-0.15, -0.1) is 0 Å². The van der Waals surface area contributed by atoms with Gasteiger partial charge in [0.05, 0.1) is 6.10 Å². The molecule has 13 heavy (non-hydrogen) atoms. The highest BCUT2D eigenvalue weighted by molar-refractivity contribution is 5.26. The summed E-state index contributed by atoms with van der Waals surface area (Å²) in [5.41, 5.74) is 1.13. The summed E-state index contributed by atoms with van der Waals surface area (Å²) in [4.78, 5) is 0. The average Bonchev–Trinajstić information content (AvgIpc) is 2.11. The zero-order valence-corrected chi connectivity index (χ0v) is 9.08. The molecular weight excluding hydrogens is 160 g/mol. The number of methoxy groups -OCH3 is 1. The Kier molecular flexibility index (Phi) is 6.25. The molecule has 1 heteroatoms. The second-order valence-electron chi connectivity index (χ2n) is 3.30. The van der Waals surface area contributed by atoms with E-state index in [1.54, 1.807) is 7.11 Å². The van der Waals surface area contributed by atoms with Gasteiger partial charge < -0.3 is 4.74 Å². The van der Waals surface area contributed by atoms with Crippen molar-refractivity contribution in [1.82, 2.24) is 0 Å². The monoisotopic (exact) mass is 180 g/mol. The van der Waals surface area contributed by atoms with E-state index in [-0.39, 0.29) is 6.10 Å². The van der Waals surface area contributed by atoms with Gasteiger partial charge in [0.25, 0.3) is 0 Å². The number of hydrogen-bond acceptors (Lipinski definition) is 1. The van der Waals surface area contributed by atoms with Crippen molar-refractivity contribution in [3.8, 4) is 0 Å². The first-order valence-electron chi connectivity index (χ1n) is 4.65. The van der Waals surface area contributed by atoms with E-state index in [2.05, 4.69) is 20.4 Å². The highest BCUT2D eigenvalue weighted by Crippen LogP contribution is 2.16. The summed E-state index contributed by atoms with van der Waals surface area (Å²) in [5, 5.41) is 0. The molecule has 0 fully saturated rings. The fourth-order valence-electron chi connectivity index (χ4n) is 1.28. The van der Waals surface area contributed by atoms with Crippen LogP contribution in [0.5, 0.6) is 0 Å². The van der Waals surface area contributed by atoms with E-state index >= 15 is 0 Å². The first-order valence-corrected chi connectivity index (χ1v) is 4.65. The number of hydrogen-bond donors (Lipinski definition) is 0. The van der Waals surface area contributed by atoms with Crippen molar-refractivity contribution in [3.05, 3.63) is 36.5 Å². The molecule has 0 aromatic carbocycles.